The maximum Gasteiger partial charge on any atom is 0.309 e. The van der Waals surface area contributed by atoms with E-state index in [1.54, 1.807) is 37.6 Å². The summed E-state index contributed by atoms with van der Waals surface area (Å²) in [5, 5.41) is 15.9. The molecule has 128 valence electrons. The molecule has 0 bridgehead atoms. The molecule has 0 radical (unpaired) electrons. The van der Waals surface area contributed by atoms with Gasteiger partial charge in [0.25, 0.3) is 5.91 Å². The Labute approximate surface area is 139 Å². The molecule has 0 atom stereocenters. The topological polar surface area (TPSA) is 84.2 Å². The van der Waals surface area contributed by atoms with Gasteiger partial charge in [-0.15, -0.1) is 0 Å². The first-order valence-corrected chi connectivity index (χ1v) is 7.54. The first-order chi connectivity index (χ1) is 11.2. The van der Waals surface area contributed by atoms with Crippen molar-refractivity contribution in [1.29, 1.82) is 0 Å². The lowest BCUT2D eigenvalue weighted by atomic mass is 9.90. The number of carbonyl (C=O) groups excluding carboxylic acids is 1. The second kappa shape index (κ2) is 6.82. The van der Waals surface area contributed by atoms with Crippen LogP contribution in [0.4, 0.5) is 4.39 Å². The molecule has 0 saturated carbocycles. The summed E-state index contributed by atoms with van der Waals surface area (Å²) in [4.78, 5) is 23.3. The zero-order chi connectivity index (χ0) is 17.9. The zero-order valence-electron chi connectivity index (χ0n) is 13.8. The summed E-state index contributed by atoms with van der Waals surface area (Å²) in [6, 6.07) is 5.80. The van der Waals surface area contributed by atoms with Gasteiger partial charge in [0.05, 0.1) is 28.6 Å². The molecule has 1 aromatic carbocycles. The Kier molecular flexibility index (Phi) is 5.02. The first kappa shape index (κ1) is 17.7. The molecule has 6 nitrogen and oxygen atoms in total. The lowest BCUT2D eigenvalue weighted by Gasteiger charge is -2.18. The summed E-state index contributed by atoms with van der Waals surface area (Å²) in [7, 11) is 0. The zero-order valence-corrected chi connectivity index (χ0v) is 13.8. The summed E-state index contributed by atoms with van der Waals surface area (Å²) in [6.07, 6.45) is 1.76. The molecule has 0 aliphatic rings. The van der Waals surface area contributed by atoms with Gasteiger partial charge in [-0.3, -0.25) is 9.59 Å². The number of aliphatic carboxylic acids is 1. The number of hydrogen-bond donors (Lipinski definition) is 2. The third-order valence-electron chi connectivity index (χ3n) is 3.94. The Morgan fingerprint density at radius 1 is 1.29 bits per heavy atom. The highest BCUT2D eigenvalue weighted by atomic mass is 19.1. The summed E-state index contributed by atoms with van der Waals surface area (Å²) >= 11 is 0. The molecule has 1 amide bonds. The number of amides is 1. The molecule has 1 heterocycles. The fourth-order valence-electron chi connectivity index (χ4n) is 2.17. The largest absolute Gasteiger partial charge is 0.481 e. The van der Waals surface area contributed by atoms with Gasteiger partial charge in [0.1, 0.15) is 5.82 Å². The molecular formula is C17H20FN3O3. The average Bonchev–Trinajstić information content (AvgIpc) is 2.89. The Bertz CT molecular complexity index is 751. The maximum absolute atomic E-state index is 13.0. The molecular weight excluding hydrogens is 313 g/mol. The minimum atomic E-state index is -0.906. The van der Waals surface area contributed by atoms with Crippen LogP contribution < -0.4 is 5.32 Å². The highest BCUT2D eigenvalue weighted by Gasteiger charge is 2.26. The van der Waals surface area contributed by atoms with E-state index in [2.05, 4.69) is 10.4 Å². The van der Waals surface area contributed by atoms with Gasteiger partial charge in [0.2, 0.25) is 0 Å². The highest BCUT2D eigenvalue weighted by molar-refractivity contribution is 5.95. The van der Waals surface area contributed by atoms with Crippen molar-refractivity contribution in [2.45, 2.75) is 27.2 Å². The van der Waals surface area contributed by atoms with E-state index in [-0.39, 0.29) is 18.3 Å². The van der Waals surface area contributed by atoms with E-state index in [4.69, 9.17) is 5.11 Å². The number of nitrogens with one attached hydrogen (secondary N) is 1. The molecule has 2 rings (SSSR count). The molecule has 0 spiro atoms. The fourth-order valence-corrected chi connectivity index (χ4v) is 2.17. The van der Waals surface area contributed by atoms with Crippen molar-refractivity contribution < 1.29 is 19.1 Å². The second-order valence-electron chi connectivity index (χ2n) is 6.23. The lowest BCUT2D eigenvalue weighted by molar-refractivity contribution is -0.147. The number of carboxylic acids is 1. The van der Waals surface area contributed by atoms with Gasteiger partial charge in [0, 0.05) is 6.54 Å². The Morgan fingerprint density at radius 2 is 1.92 bits per heavy atom. The first-order valence-electron chi connectivity index (χ1n) is 7.54. The minimum absolute atomic E-state index is 0.249. The quantitative estimate of drug-likeness (QED) is 0.851. The van der Waals surface area contributed by atoms with Gasteiger partial charge in [-0.1, -0.05) is 0 Å². The van der Waals surface area contributed by atoms with E-state index in [0.717, 1.165) is 0 Å². The van der Waals surface area contributed by atoms with Crippen molar-refractivity contribution in [2.24, 2.45) is 5.41 Å². The van der Waals surface area contributed by atoms with Gasteiger partial charge in [0.15, 0.2) is 0 Å². The number of carboxylic acid groups (broad SMARTS) is 1. The van der Waals surface area contributed by atoms with Gasteiger partial charge >= 0.3 is 5.97 Å². The number of nitrogens with zero attached hydrogens (tertiary/aromatic N) is 2. The minimum Gasteiger partial charge on any atom is -0.481 e. The predicted octanol–water partition coefficient (Wildman–Crippen LogP) is 2.55. The highest BCUT2D eigenvalue weighted by Crippen LogP contribution is 2.20. The van der Waals surface area contributed by atoms with Gasteiger partial charge in [-0.05, 0) is 51.5 Å². The predicted molar refractivity (Wildman–Crippen MR) is 86.6 cm³/mol. The molecule has 0 fully saturated rings. The molecule has 0 aliphatic heterocycles. The number of carbonyl (C=O) groups is 2. The number of aromatic nitrogens is 2. The molecule has 0 aliphatic carbocycles. The molecule has 0 saturated heterocycles. The van der Waals surface area contributed by atoms with E-state index < -0.39 is 11.4 Å². The summed E-state index contributed by atoms with van der Waals surface area (Å²) in [5.74, 6) is -1.57. The summed E-state index contributed by atoms with van der Waals surface area (Å²) in [6.45, 7) is 5.21. The van der Waals surface area contributed by atoms with Crippen molar-refractivity contribution in [1.82, 2.24) is 15.1 Å². The third-order valence-corrected chi connectivity index (χ3v) is 3.94. The second-order valence-corrected chi connectivity index (χ2v) is 6.23. The van der Waals surface area contributed by atoms with Crippen LogP contribution in [0, 0.1) is 18.2 Å². The van der Waals surface area contributed by atoms with Crippen molar-refractivity contribution >= 4 is 11.9 Å². The average molecular weight is 333 g/mol. The van der Waals surface area contributed by atoms with E-state index in [9.17, 15) is 14.0 Å². The summed E-state index contributed by atoms with van der Waals surface area (Å²) < 4.78 is 14.5. The van der Waals surface area contributed by atoms with Crippen LogP contribution in [0.15, 0.2) is 30.5 Å². The number of halogens is 1. The SMILES string of the molecule is Cc1c(C(=O)NCCC(C)(C)C(=O)O)cnn1-c1ccc(F)cc1. The van der Waals surface area contributed by atoms with Crippen molar-refractivity contribution in [2.75, 3.05) is 6.54 Å². The third kappa shape index (κ3) is 3.79. The molecule has 0 unspecified atom stereocenters. The Morgan fingerprint density at radius 3 is 2.50 bits per heavy atom. The molecule has 1 aromatic heterocycles. The molecule has 2 N–H and O–H groups in total. The van der Waals surface area contributed by atoms with Crippen LogP contribution in [0.2, 0.25) is 0 Å². The van der Waals surface area contributed by atoms with Gasteiger partial charge in [-0.25, -0.2) is 9.07 Å². The van der Waals surface area contributed by atoms with Crippen LogP contribution in [0.25, 0.3) is 5.69 Å². The molecule has 24 heavy (non-hydrogen) atoms. The fraction of sp³-hybridized carbons (Fsp3) is 0.353. The van der Waals surface area contributed by atoms with Crippen LogP contribution in [-0.2, 0) is 4.79 Å². The van der Waals surface area contributed by atoms with Crippen LogP contribution >= 0.6 is 0 Å². The van der Waals surface area contributed by atoms with Crippen LogP contribution in [-0.4, -0.2) is 33.3 Å². The van der Waals surface area contributed by atoms with Crippen molar-refractivity contribution in [3.05, 3.63) is 47.5 Å². The van der Waals surface area contributed by atoms with E-state index >= 15 is 0 Å². The lowest BCUT2D eigenvalue weighted by Crippen LogP contribution is -2.32. The smallest absolute Gasteiger partial charge is 0.309 e. The number of hydrogen-bond acceptors (Lipinski definition) is 3. The van der Waals surface area contributed by atoms with Gasteiger partial charge < -0.3 is 10.4 Å². The van der Waals surface area contributed by atoms with Crippen LogP contribution in [0.1, 0.15) is 36.3 Å². The summed E-state index contributed by atoms with van der Waals surface area (Å²) in [5.41, 5.74) is 0.768. The van der Waals surface area contributed by atoms with Crippen LogP contribution in [0.3, 0.4) is 0 Å². The normalized spacial score (nSPS) is 11.3. The molecule has 7 heteroatoms. The standard InChI is InChI=1S/C17H20FN3O3/c1-11-14(15(22)19-9-8-17(2,3)16(23)24)10-20-21(11)13-6-4-12(18)5-7-13/h4-7,10H,8-9H2,1-3H3,(H,19,22)(H,23,24). The van der Waals surface area contributed by atoms with Crippen molar-refractivity contribution in [3.63, 3.8) is 0 Å². The van der Waals surface area contributed by atoms with Crippen molar-refractivity contribution in [3.8, 4) is 5.69 Å². The maximum atomic E-state index is 13.0. The van der Waals surface area contributed by atoms with Gasteiger partial charge in [-0.2, -0.15) is 5.10 Å². The Balaban J connectivity index is 2.06. The van der Waals surface area contributed by atoms with E-state index in [0.29, 0.717) is 23.4 Å². The number of benzene rings is 1. The van der Waals surface area contributed by atoms with E-state index in [1.807, 2.05) is 0 Å². The van der Waals surface area contributed by atoms with E-state index in [1.165, 1.54) is 18.3 Å². The van der Waals surface area contributed by atoms with Crippen LogP contribution in [0.5, 0.6) is 0 Å². The Hall–Kier alpha value is -2.70. The number of rotatable bonds is 6. The monoisotopic (exact) mass is 333 g/mol. The molecule has 2 aromatic rings.